The molecule has 0 radical (unpaired) electrons. The first-order chi connectivity index (χ1) is 9.29. The molecule has 0 bridgehead atoms. The van der Waals surface area contributed by atoms with Crippen LogP contribution in [0.25, 0.3) is 0 Å². The molecule has 5 nitrogen and oxygen atoms in total. The molecule has 0 aliphatic carbocycles. The first-order valence-electron chi connectivity index (χ1n) is 5.18. The van der Waals surface area contributed by atoms with Crippen LogP contribution in [0.4, 0.5) is 20.3 Å². The van der Waals surface area contributed by atoms with Crippen LogP contribution < -0.4 is 10.5 Å². The Kier molecular flexibility index (Phi) is 3.91. The Morgan fingerprint density at radius 2 is 1.80 bits per heavy atom. The molecule has 0 amide bonds. The zero-order valence-corrected chi connectivity index (χ0v) is 12.2. The van der Waals surface area contributed by atoms with E-state index in [1.165, 1.54) is 18.3 Å². The first kappa shape index (κ1) is 14.7. The molecule has 9 heteroatoms. The van der Waals surface area contributed by atoms with Crippen LogP contribution in [0.5, 0.6) is 0 Å². The molecular formula is C11H8BrF2N3O2S. The van der Waals surface area contributed by atoms with E-state index in [-0.39, 0.29) is 11.5 Å². The molecule has 3 N–H and O–H groups in total. The molecule has 106 valence electrons. The van der Waals surface area contributed by atoms with Crippen LogP contribution in [0.2, 0.25) is 0 Å². The van der Waals surface area contributed by atoms with Crippen molar-refractivity contribution in [3.63, 3.8) is 0 Å². The Bertz CT molecular complexity index is 728. The lowest BCUT2D eigenvalue weighted by atomic mass is 10.3. The van der Waals surface area contributed by atoms with Crippen molar-refractivity contribution in [3.05, 3.63) is 46.6 Å². The number of hydrogen-bond acceptors (Lipinski definition) is 4. The summed E-state index contributed by atoms with van der Waals surface area (Å²) in [4.78, 5) is 2.66. The van der Waals surface area contributed by atoms with Crippen LogP contribution in [-0.2, 0) is 10.0 Å². The Labute approximate surface area is 122 Å². The van der Waals surface area contributed by atoms with E-state index in [0.29, 0.717) is 4.47 Å². The van der Waals surface area contributed by atoms with Crippen molar-refractivity contribution in [3.8, 4) is 0 Å². The zero-order chi connectivity index (χ0) is 14.9. The van der Waals surface area contributed by atoms with Crippen molar-refractivity contribution in [1.29, 1.82) is 0 Å². The van der Waals surface area contributed by atoms with Gasteiger partial charge >= 0.3 is 0 Å². The normalized spacial score (nSPS) is 11.3. The quantitative estimate of drug-likeness (QED) is 0.820. The molecule has 1 heterocycles. The highest BCUT2D eigenvalue weighted by Gasteiger charge is 2.25. The van der Waals surface area contributed by atoms with Gasteiger partial charge in [0.25, 0.3) is 10.0 Å². The molecule has 0 fully saturated rings. The van der Waals surface area contributed by atoms with Crippen molar-refractivity contribution in [2.24, 2.45) is 0 Å². The summed E-state index contributed by atoms with van der Waals surface area (Å²) in [5.74, 6) is -2.61. The number of nitrogen functional groups attached to an aromatic ring is 1. The number of nitrogens with two attached hydrogens (primary N) is 1. The van der Waals surface area contributed by atoms with Gasteiger partial charge in [0.15, 0.2) is 4.90 Å². The summed E-state index contributed by atoms with van der Waals surface area (Å²) >= 11 is 3.13. The number of pyridine rings is 1. The summed E-state index contributed by atoms with van der Waals surface area (Å²) in [6.45, 7) is 0. The lowest BCUT2D eigenvalue weighted by Crippen LogP contribution is -2.17. The number of nitrogens with one attached hydrogen (secondary N) is 1. The van der Waals surface area contributed by atoms with Crippen molar-refractivity contribution in [1.82, 2.24) is 4.98 Å². The van der Waals surface area contributed by atoms with E-state index in [4.69, 9.17) is 5.73 Å². The van der Waals surface area contributed by atoms with Gasteiger partial charge in [0.05, 0.1) is 0 Å². The minimum atomic E-state index is -4.44. The van der Waals surface area contributed by atoms with Gasteiger partial charge in [0, 0.05) is 16.4 Å². The van der Waals surface area contributed by atoms with Gasteiger partial charge < -0.3 is 5.73 Å². The van der Waals surface area contributed by atoms with Gasteiger partial charge in [0.2, 0.25) is 0 Å². The minimum absolute atomic E-state index is 0.0659. The third kappa shape index (κ3) is 3.05. The average Bonchev–Trinajstić information content (AvgIpc) is 2.30. The number of hydrogen-bond donors (Lipinski definition) is 2. The molecule has 1 aromatic carbocycles. The SMILES string of the molecule is Nc1cc(F)c(S(=O)(=O)Nc2ccc(Br)cn2)c(F)c1. The van der Waals surface area contributed by atoms with Crippen LogP contribution >= 0.6 is 15.9 Å². The predicted octanol–water partition coefficient (Wildman–Crippen LogP) is 2.51. The highest BCUT2D eigenvalue weighted by molar-refractivity contribution is 9.10. The Hall–Kier alpha value is -1.74. The van der Waals surface area contributed by atoms with Crippen LogP contribution in [0, 0.1) is 11.6 Å². The van der Waals surface area contributed by atoms with Gasteiger partial charge in [-0.2, -0.15) is 0 Å². The molecule has 2 rings (SSSR count). The van der Waals surface area contributed by atoms with Crippen LogP contribution in [-0.4, -0.2) is 13.4 Å². The van der Waals surface area contributed by atoms with Gasteiger partial charge in [-0.1, -0.05) is 0 Å². The Morgan fingerprint density at radius 3 is 2.30 bits per heavy atom. The largest absolute Gasteiger partial charge is 0.399 e. The number of anilines is 2. The maximum absolute atomic E-state index is 13.6. The number of aromatic nitrogens is 1. The second-order valence-electron chi connectivity index (χ2n) is 3.78. The molecule has 0 aliphatic heterocycles. The van der Waals surface area contributed by atoms with E-state index in [1.54, 1.807) is 0 Å². The Balaban J connectivity index is 2.43. The van der Waals surface area contributed by atoms with E-state index < -0.39 is 26.6 Å². The van der Waals surface area contributed by atoms with E-state index in [0.717, 1.165) is 12.1 Å². The summed E-state index contributed by atoms with van der Waals surface area (Å²) in [5.41, 5.74) is 5.02. The average molecular weight is 364 g/mol. The van der Waals surface area contributed by atoms with Crippen molar-refractivity contribution >= 4 is 37.5 Å². The maximum atomic E-state index is 13.6. The molecule has 0 saturated heterocycles. The van der Waals surface area contributed by atoms with Crippen molar-refractivity contribution < 1.29 is 17.2 Å². The number of sulfonamides is 1. The monoisotopic (exact) mass is 363 g/mol. The smallest absolute Gasteiger partial charge is 0.268 e. The molecule has 0 aliphatic rings. The molecule has 1 aromatic heterocycles. The van der Waals surface area contributed by atoms with Crippen LogP contribution in [0.15, 0.2) is 39.8 Å². The maximum Gasteiger partial charge on any atom is 0.268 e. The third-order valence-corrected chi connectivity index (χ3v) is 4.13. The van der Waals surface area contributed by atoms with Crippen LogP contribution in [0.1, 0.15) is 0 Å². The summed E-state index contributed by atoms with van der Waals surface area (Å²) in [7, 11) is -4.44. The molecule has 0 unspecified atom stereocenters. The summed E-state index contributed by atoms with van der Waals surface area (Å²) in [5, 5.41) is 0. The lowest BCUT2D eigenvalue weighted by molar-refractivity contribution is 0.522. The van der Waals surface area contributed by atoms with E-state index >= 15 is 0 Å². The summed E-state index contributed by atoms with van der Waals surface area (Å²) in [6.07, 6.45) is 1.34. The highest BCUT2D eigenvalue weighted by atomic mass is 79.9. The van der Waals surface area contributed by atoms with Crippen molar-refractivity contribution in [2.45, 2.75) is 4.90 Å². The topological polar surface area (TPSA) is 85.1 Å². The number of halogens is 3. The molecule has 0 spiro atoms. The van der Waals surface area contributed by atoms with Gasteiger partial charge in [-0.25, -0.2) is 22.2 Å². The fourth-order valence-electron chi connectivity index (χ4n) is 1.46. The van der Waals surface area contributed by atoms with Crippen LogP contribution in [0.3, 0.4) is 0 Å². The van der Waals surface area contributed by atoms with Gasteiger partial charge in [-0.15, -0.1) is 0 Å². The first-order valence-corrected chi connectivity index (χ1v) is 7.46. The molecule has 0 atom stereocenters. The standard InChI is InChI=1S/C11H8BrF2N3O2S/c12-6-1-2-10(16-5-6)17-20(18,19)11-8(13)3-7(15)4-9(11)14/h1-5H,15H2,(H,16,17). The van der Waals surface area contributed by atoms with E-state index in [1.807, 2.05) is 4.72 Å². The fourth-order valence-corrected chi connectivity index (χ4v) is 2.83. The molecular weight excluding hydrogens is 356 g/mol. The van der Waals surface area contributed by atoms with E-state index in [2.05, 4.69) is 20.9 Å². The highest BCUT2D eigenvalue weighted by Crippen LogP contribution is 2.23. The zero-order valence-electron chi connectivity index (χ0n) is 9.77. The second kappa shape index (κ2) is 5.33. The minimum Gasteiger partial charge on any atom is -0.399 e. The fraction of sp³-hybridized carbons (Fsp3) is 0. The second-order valence-corrected chi connectivity index (χ2v) is 6.32. The summed E-state index contributed by atoms with van der Waals surface area (Å²) < 4.78 is 53.7. The number of nitrogens with zero attached hydrogens (tertiary/aromatic N) is 1. The van der Waals surface area contributed by atoms with Gasteiger partial charge in [-0.05, 0) is 40.2 Å². The van der Waals surface area contributed by atoms with Crippen molar-refractivity contribution in [2.75, 3.05) is 10.5 Å². The lowest BCUT2D eigenvalue weighted by Gasteiger charge is -2.09. The van der Waals surface area contributed by atoms with E-state index in [9.17, 15) is 17.2 Å². The third-order valence-electron chi connectivity index (χ3n) is 2.26. The van der Waals surface area contributed by atoms with Gasteiger partial charge in [0.1, 0.15) is 17.5 Å². The number of rotatable bonds is 3. The van der Waals surface area contributed by atoms with Gasteiger partial charge in [-0.3, -0.25) is 4.72 Å². The Morgan fingerprint density at radius 1 is 1.20 bits per heavy atom. The molecule has 2 aromatic rings. The molecule has 20 heavy (non-hydrogen) atoms. The molecule has 0 saturated carbocycles. The number of benzene rings is 1. The summed E-state index contributed by atoms with van der Waals surface area (Å²) in [6, 6.07) is 4.33. The predicted molar refractivity (Wildman–Crippen MR) is 73.5 cm³/mol.